The van der Waals surface area contributed by atoms with Gasteiger partial charge in [0.05, 0.1) is 19.6 Å². The highest BCUT2D eigenvalue weighted by atomic mass is 35.5. The van der Waals surface area contributed by atoms with Crippen molar-refractivity contribution in [2.45, 2.75) is 56.9 Å². The van der Waals surface area contributed by atoms with Gasteiger partial charge in [0.25, 0.3) is 0 Å². The Balaban J connectivity index is 0.00000171. The van der Waals surface area contributed by atoms with Gasteiger partial charge < -0.3 is 15.4 Å². The monoisotopic (exact) mass is 471 g/mol. The summed E-state index contributed by atoms with van der Waals surface area (Å²) in [6.07, 6.45) is 9.14. The van der Waals surface area contributed by atoms with Crippen LogP contribution in [0.25, 0.3) is 0 Å². The Kier molecular flexibility index (Phi) is 11.1. The van der Waals surface area contributed by atoms with E-state index >= 15 is 0 Å². The van der Waals surface area contributed by atoms with Crippen LogP contribution in [-0.4, -0.2) is 62.3 Å². The largest absolute Gasteiger partial charge is 0.379 e. The first-order chi connectivity index (χ1) is 14.2. The van der Waals surface area contributed by atoms with Crippen molar-refractivity contribution in [3.63, 3.8) is 0 Å². The van der Waals surface area contributed by atoms with Crippen molar-refractivity contribution >= 4 is 30.7 Å². The van der Waals surface area contributed by atoms with Crippen LogP contribution in [0.1, 0.15) is 49.7 Å². The number of hydrogen-bond donors (Lipinski definition) is 2. The van der Waals surface area contributed by atoms with Gasteiger partial charge in [0, 0.05) is 25.2 Å². The number of rotatable bonds is 7. The lowest BCUT2D eigenvalue weighted by Crippen LogP contribution is -2.59. The van der Waals surface area contributed by atoms with Crippen LogP contribution in [0.2, 0.25) is 0 Å². The Morgan fingerprint density at radius 2 is 1.74 bits per heavy atom. The second-order valence-electron chi connectivity index (χ2n) is 9.22. The van der Waals surface area contributed by atoms with Crippen LogP contribution < -0.4 is 10.6 Å². The first kappa shape index (κ1) is 26.4. The lowest BCUT2D eigenvalue weighted by atomic mass is 9.79. The van der Waals surface area contributed by atoms with Gasteiger partial charge in [-0.25, -0.2) is 0 Å². The molecule has 7 heteroatoms. The van der Waals surface area contributed by atoms with E-state index in [-0.39, 0.29) is 36.3 Å². The van der Waals surface area contributed by atoms with Crippen LogP contribution in [0.3, 0.4) is 0 Å². The summed E-state index contributed by atoms with van der Waals surface area (Å²) in [5.41, 5.74) is 2.63. The topological polar surface area (TPSA) is 53.6 Å². The number of amides is 1. The lowest BCUT2D eigenvalue weighted by molar-refractivity contribution is -0.121. The summed E-state index contributed by atoms with van der Waals surface area (Å²) >= 11 is 0. The predicted molar refractivity (Wildman–Crippen MR) is 131 cm³/mol. The molecule has 3 aliphatic rings. The van der Waals surface area contributed by atoms with Gasteiger partial charge in [-0.1, -0.05) is 43.5 Å². The highest BCUT2D eigenvalue weighted by Gasteiger charge is 2.38. The van der Waals surface area contributed by atoms with Crippen LogP contribution in [0.15, 0.2) is 24.3 Å². The van der Waals surface area contributed by atoms with E-state index in [0.29, 0.717) is 6.42 Å². The molecule has 0 radical (unpaired) electrons. The van der Waals surface area contributed by atoms with E-state index in [1.807, 2.05) is 0 Å². The smallest absolute Gasteiger partial charge is 0.224 e. The van der Waals surface area contributed by atoms with E-state index in [1.165, 1.54) is 44.1 Å². The SMILES string of the molecule is Cl.Cl.O=C(Cc1ccc(CC2CCNC2)cc1)NCC1(N2CCOCC2)CCCCC1. The van der Waals surface area contributed by atoms with Crippen molar-refractivity contribution in [1.29, 1.82) is 0 Å². The molecule has 1 aromatic rings. The van der Waals surface area contributed by atoms with Crippen LogP contribution in [0.4, 0.5) is 0 Å². The van der Waals surface area contributed by atoms with Crippen molar-refractivity contribution in [3.8, 4) is 0 Å². The summed E-state index contributed by atoms with van der Waals surface area (Å²) in [6.45, 7) is 6.68. The molecule has 4 rings (SSSR count). The zero-order valence-corrected chi connectivity index (χ0v) is 20.2. The molecule has 1 atom stereocenters. The molecule has 2 N–H and O–H groups in total. The van der Waals surface area contributed by atoms with Gasteiger partial charge in [0.1, 0.15) is 0 Å². The maximum atomic E-state index is 12.7. The second kappa shape index (κ2) is 13.0. The van der Waals surface area contributed by atoms with Crippen LogP contribution in [0, 0.1) is 5.92 Å². The zero-order valence-electron chi connectivity index (χ0n) is 18.6. The summed E-state index contributed by atoms with van der Waals surface area (Å²) in [5.74, 6) is 0.909. The molecule has 1 saturated carbocycles. The fourth-order valence-corrected chi connectivity index (χ4v) is 5.38. The number of carbonyl (C=O) groups excluding carboxylic acids is 1. The number of benzene rings is 1. The number of nitrogens with zero attached hydrogens (tertiary/aromatic N) is 1. The molecule has 0 bridgehead atoms. The minimum Gasteiger partial charge on any atom is -0.379 e. The average Bonchev–Trinajstić information content (AvgIpc) is 3.28. The standard InChI is InChI=1S/C24H37N3O2.2ClH/c28-23(17-21-6-4-20(5-7-21)16-22-8-11-25-18-22)26-19-24(9-2-1-3-10-24)27-12-14-29-15-13-27;;/h4-7,22,25H,1-3,8-19H2,(H,26,28);2*1H. The quantitative estimate of drug-likeness (QED) is 0.639. The van der Waals surface area contributed by atoms with Crippen molar-refractivity contribution in [2.24, 2.45) is 5.92 Å². The van der Waals surface area contributed by atoms with Crippen molar-refractivity contribution in [2.75, 3.05) is 45.9 Å². The molecule has 1 aromatic carbocycles. The van der Waals surface area contributed by atoms with Gasteiger partial charge >= 0.3 is 0 Å². The average molecular weight is 473 g/mol. The number of halogens is 2. The summed E-state index contributed by atoms with van der Waals surface area (Å²) in [7, 11) is 0. The van der Waals surface area contributed by atoms with Crippen molar-refractivity contribution in [3.05, 3.63) is 35.4 Å². The number of morpholine rings is 1. The first-order valence-electron chi connectivity index (χ1n) is 11.6. The molecule has 1 aliphatic carbocycles. The van der Waals surface area contributed by atoms with Gasteiger partial charge in [0.15, 0.2) is 0 Å². The summed E-state index contributed by atoms with van der Waals surface area (Å²) in [4.78, 5) is 15.3. The fourth-order valence-electron chi connectivity index (χ4n) is 5.38. The summed E-state index contributed by atoms with van der Waals surface area (Å²) < 4.78 is 5.56. The van der Waals surface area contributed by atoms with Crippen LogP contribution in [0.5, 0.6) is 0 Å². The Morgan fingerprint density at radius 3 is 2.39 bits per heavy atom. The van der Waals surface area contributed by atoms with Gasteiger partial charge in [0.2, 0.25) is 5.91 Å². The predicted octanol–water partition coefficient (Wildman–Crippen LogP) is 3.38. The highest BCUT2D eigenvalue weighted by Crippen LogP contribution is 2.33. The molecule has 0 aromatic heterocycles. The van der Waals surface area contributed by atoms with Crippen LogP contribution in [-0.2, 0) is 22.4 Å². The van der Waals surface area contributed by atoms with Gasteiger partial charge in [-0.3, -0.25) is 9.69 Å². The normalized spacial score (nSPS) is 23.4. The van der Waals surface area contributed by atoms with Crippen molar-refractivity contribution in [1.82, 2.24) is 15.5 Å². The number of carbonyl (C=O) groups is 1. The number of ether oxygens (including phenoxy) is 1. The number of hydrogen-bond acceptors (Lipinski definition) is 4. The van der Waals surface area contributed by atoms with Gasteiger partial charge in [-0.05, 0) is 55.8 Å². The molecular weight excluding hydrogens is 433 g/mol. The van der Waals surface area contributed by atoms with E-state index < -0.39 is 0 Å². The lowest BCUT2D eigenvalue weighted by Gasteiger charge is -2.48. The van der Waals surface area contributed by atoms with Crippen molar-refractivity contribution < 1.29 is 9.53 Å². The maximum absolute atomic E-state index is 12.7. The first-order valence-corrected chi connectivity index (χ1v) is 11.6. The van der Waals surface area contributed by atoms with Crippen LogP contribution >= 0.6 is 24.8 Å². The minimum absolute atomic E-state index is 0. The summed E-state index contributed by atoms with van der Waals surface area (Å²) in [5, 5.41) is 6.72. The maximum Gasteiger partial charge on any atom is 0.224 e. The molecule has 2 heterocycles. The minimum atomic E-state index is 0. The molecular formula is C24H39Cl2N3O2. The number of nitrogens with one attached hydrogen (secondary N) is 2. The Hall–Kier alpha value is -0.850. The molecule has 1 unspecified atom stereocenters. The molecule has 176 valence electrons. The van der Waals surface area contributed by atoms with E-state index in [4.69, 9.17) is 4.74 Å². The van der Waals surface area contributed by atoms with E-state index in [9.17, 15) is 4.79 Å². The van der Waals surface area contributed by atoms with Gasteiger partial charge in [-0.15, -0.1) is 24.8 Å². The molecule has 2 saturated heterocycles. The van der Waals surface area contributed by atoms with Gasteiger partial charge in [-0.2, -0.15) is 0 Å². The molecule has 0 spiro atoms. The highest BCUT2D eigenvalue weighted by molar-refractivity contribution is 5.85. The van der Waals surface area contributed by atoms with E-state index in [1.54, 1.807) is 0 Å². The molecule has 2 aliphatic heterocycles. The third-order valence-corrected chi connectivity index (χ3v) is 7.16. The summed E-state index contributed by atoms with van der Waals surface area (Å²) in [6, 6.07) is 8.68. The molecule has 5 nitrogen and oxygen atoms in total. The third-order valence-electron chi connectivity index (χ3n) is 7.16. The molecule has 31 heavy (non-hydrogen) atoms. The Bertz CT molecular complexity index is 653. The molecule has 1 amide bonds. The Labute approximate surface area is 199 Å². The van der Waals surface area contributed by atoms with E-state index in [2.05, 4.69) is 39.8 Å². The molecule has 3 fully saturated rings. The zero-order chi connectivity index (χ0) is 19.9. The Morgan fingerprint density at radius 1 is 1.06 bits per heavy atom. The third kappa shape index (κ3) is 7.33. The van der Waals surface area contributed by atoms with E-state index in [0.717, 1.165) is 63.8 Å². The fraction of sp³-hybridized carbons (Fsp3) is 0.708. The second-order valence-corrected chi connectivity index (χ2v) is 9.22.